The van der Waals surface area contributed by atoms with Crippen molar-refractivity contribution in [3.05, 3.63) is 64.3 Å². The van der Waals surface area contributed by atoms with E-state index in [9.17, 15) is 0 Å². The molecule has 6 heteroatoms. The summed E-state index contributed by atoms with van der Waals surface area (Å²) >= 11 is 0. The van der Waals surface area contributed by atoms with Gasteiger partial charge in [0.15, 0.2) is 5.84 Å². The molecule has 0 amide bonds. The summed E-state index contributed by atoms with van der Waals surface area (Å²) in [6.07, 6.45) is 12.6. The molecule has 1 aromatic carbocycles. The molecule has 0 unspecified atom stereocenters. The van der Waals surface area contributed by atoms with Crippen LogP contribution in [0, 0.1) is 6.92 Å². The van der Waals surface area contributed by atoms with Crippen molar-refractivity contribution in [2.75, 3.05) is 40.3 Å². The summed E-state index contributed by atoms with van der Waals surface area (Å²) < 4.78 is 0. The standard InChI is InChI=1S/C29H38N6/c1-6-8-9-24-19-25(20-31-29(24)30-4)23-10-11-26(21(3)16-23)27-17-22(7-2)18-28(33-32-27)35-14-12-34(5)13-15-35/h9-11,16-17,19-20H,6-8,12-15,18H2,1-5H3/b24-9-,30-29?. The minimum Gasteiger partial charge on any atom is -0.356 e. The van der Waals surface area contributed by atoms with Crippen molar-refractivity contribution < 1.29 is 0 Å². The number of nitrogens with zero attached hydrogens (tertiary/aromatic N) is 6. The Morgan fingerprint density at radius 2 is 1.86 bits per heavy atom. The third-order valence-corrected chi connectivity index (χ3v) is 6.92. The second kappa shape index (κ2) is 11.5. The lowest BCUT2D eigenvalue weighted by Gasteiger charge is -2.34. The van der Waals surface area contributed by atoms with Crippen molar-refractivity contribution in [1.82, 2.24) is 9.80 Å². The van der Waals surface area contributed by atoms with E-state index in [1.54, 1.807) is 7.05 Å². The van der Waals surface area contributed by atoms with Crippen LogP contribution in [0.15, 0.2) is 67.8 Å². The molecule has 4 rings (SSSR count). The Morgan fingerprint density at radius 1 is 1.06 bits per heavy atom. The first kappa shape index (κ1) is 25.0. The van der Waals surface area contributed by atoms with Crippen LogP contribution < -0.4 is 0 Å². The quantitative estimate of drug-likeness (QED) is 0.586. The fraction of sp³-hybridized carbons (Fsp3) is 0.448. The van der Waals surface area contributed by atoms with E-state index in [0.717, 1.165) is 91.5 Å². The zero-order valence-corrected chi connectivity index (χ0v) is 21.9. The number of likely N-dealkylation sites (N-methyl/N-ethyl adjacent to an activating group) is 1. The molecule has 0 spiro atoms. The van der Waals surface area contributed by atoms with E-state index in [1.165, 1.54) is 11.1 Å². The van der Waals surface area contributed by atoms with Crippen LogP contribution in [0.25, 0.3) is 5.57 Å². The van der Waals surface area contributed by atoms with Gasteiger partial charge in [-0.05, 0) is 50.1 Å². The van der Waals surface area contributed by atoms with Gasteiger partial charge in [-0.3, -0.25) is 4.99 Å². The first-order valence-electron chi connectivity index (χ1n) is 12.8. The largest absolute Gasteiger partial charge is 0.356 e. The topological polar surface area (TPSA) is 55.9 Å². The zero-order valence-electron chi connectivity index (χ0n) is 21.9. The molecular formula is C29H38N6. The Balaban J connectivity index is 1.62. The number of unbranched alkanes of at least 4 members (excludes halogenated alkanes) is 1. The van der Waals surface area contributed by atoms with E-state index in [-0.39, 0.29) is 0 Å². The molecule has 0 atom stereocenters. The monoisotopic (exact) mass is 470 g/mol. The van der Waals surface area contributed by atoms with Crippen molar-refractivity contribution in [1.29, 1.82) is 0 Å². The van der Waals surface area contributed by atoms with Gasteiger partial charge in [0.1, 0.15) is 5.84 Å². The van der Waals surface area contributed by atoms with E-state index >= 15 is 0 Å². The average Bonchev–Trinajstić information content (AvgIpc) is 3.10. The number of allylic oxidation sites excluding steroid dienone is 3. The van der Waals surface area contributed by atoms with Gasteiger partial charge in [-0.1, -0.05) is 50.1 Å². The summed E-state index contributed by atoms with van der Waals surface area (Å²) in [5.74, 6) is 1.90. The molecule has 1 aromatic rings. The van der Waals surface area contributed by atoms with Gasteiger partial charge in [0.2, 0.25) is 0 Å². The van der Waals surface area contributed by atoms with E-state index in [0.29, 0.717) is 0 Å². The van der Waals surface area contributed by atoms with Gasteiger partial charge in [-0.15, -0.1) is 10.2 Å². The highest BCUT2D eigenvalue weighted by Gasteiger charge is 2.21. The Bertz CT molecular complexity index is 1150. The van der Waals surface area contributed by atoms with E-state index in [1.807, 2.05) is 6.21 Å². The van der Waals surface area contributed by atoms with Crippen LogP contribution in [-0.4, -0.2) is 73.7 Å². The summed E-state index contributed by atoms with van der Waals surface area (Å²) in [5.41, 5.74) is 8.01. The second-order valence-corrected chi connectivity index (χ2v) is 9.51. The second-order valence-electron chi connectivity index (χ2n) is 9.51. The molecule has 1 fully saturated rings. The Kier molecular flexibility index (Phi) is 8.24. The highest BCUT2D eigenvalue weighted by atomic mass is 15.3. The molecule has 0 aromatic heterocycles. The van der Waals surface area contributed by atoms with Gasteiger partial charge in [0.05, 0.1) is 5.71 Å². The summed E-state index contributed by atoms with van der Waals surface area (Å²) in [7, 11) is 3.98. The van der Waals surface area contributed by atoms with Crippen LogP contribution in [0.5, 0.6) is 0 Å². The van der Waals surface area contributed by atoms with Gasteiger partial charge in [-0.25, -0.2) is 4.99 Å². The number of hydrogen-bond donors (Lipinski definition) is 0. The number of hydrogen-bond acceptors (Lipinski definition) is 5. The molecule has 35 heavy (non-hydrogen) atoms. The molecule has 3 aliphatic rings. The SMILES string of the molecule is CCC/C=C1/C=C(c2ccc(C3=NN=C(N4CCN(C)CC4)CC(CC)=C3)c(C)c2)C=NC1=NC. The van der Waals surface area contributed by atoms with Crippen molar-refractivity contribution in [3.63, 3.8) is 0 Å². The number of aliphatic imine (C=N–C) groups is 2. The first-order valence-corrected chi connectivity index (χ1v) is 12.8. The van der Waals surface area contributed by atoms with Gasteiger partial charge in [0.25, 0.3) is 0 Å². The Labute approximate surface area is 210 Å². The predicted molar refractivity (Wildman–Crippen MR) is 150 cm³/mol. The normalized spacial score (nSPS) is 21.6. The van der Waals surface area contributed by atoms with Crippen LogP contribution in [0.1, 0.15) is 56.2 Å². The van der Waals surface area contributed by atoms with Crippen LogP contribution in [0.3, 0.4) is 0 Å². The number of rotatable bonds is 5. The molecule has 0 radical (unpaired) electrons. The van der Waals surface area contributed by atoms with Crippen LogP contribution in [0.2, 0.25) is 0 Å². The molecule has 0 saturated carbocycles. The number of piperazine rings is 1. The maximum atomic E-state index is 4.74. The molecule has 0 N–H and O–H groups in total. The summed E-state index contributed by atoms with van der Waals surface area (Å²) in [5, 5.41) is 9.49. The minimum atomic E-state index is 0.801. The molecule has 3 aliphatic heterocycles. The molecule has 6 nitrogen and oxygen atoms in total. The molecular weight excluding hydrogens is 432 g/mol. The summed E-state index contributed by atoms with van der Waals surface area (Å²) in [4.78, 5) is 13.7. The highest BCUT2D eigenvalue weighted by Crippen LogP contribution is 2.25. The number of amidine groups is 2. The molecule has 0 bridgehead atoms. The fourth-order valence-corrected chi connectivity index (χ4v) is 4.62. The lowest BCUT2D eigenvalue weighted by atomic mass is 9.94. The van der Waals surface area contributed by atoms with Crippen LogP contribution in [-0.2, 0) is 0 Å². The lowest BCUT2D eigenvalue weighted by molar-refractivity contribution is 0.213. The summed E-state index contributed by atoms with van der Waals surface area (Å²) in [6, 6.07) is 6.58. The Hall–Kier alpha value is -3.12. The number of dihydropyridines is 1. The maximum absolute atomic E-state index is 4.74. The number of aryl methyl sites for hydroxylation is 1. The van der Waals surface area contributed by atoms with Crippen LogP contribution in [0.4, 0.5) is 0 Å². The van der Waals surface area contributed by atoms with Gasteiger partial charge >= 0.3 is 0 Å². The van der Waals surface area contributed by atoms with Gasteiger partial charge in [0, 0.05) is 62.6 Å². The van der Waals surface area contributed by atoms with Crippen molar-refractivity contribution in [2.45, 2.75) is 46.5 Å². The van der Waals surface area contributed by atoms with E-state index < -0.39 is 0 Å². The van der Waals surface area contributed by atoms with Crippen LogP contribution >= 0.6 is 0 Å². The number of benzene rings is 1. The molecule has 1 saturated heterocycles. The molecule has 3 heterocycles. The lowest BCUT2D eigenvalue weighted by Crippen LogP contribution is -2.47. The predicted octanol–water partition coefficient (Wildman–Crippen LogP) is 5.31. The van der Waals surface area contributed by atoms with Gasteiger partial charge in [-0.2, -0.15) is 0 Å². The fourth-order valence-electron chi connectivity index (χ4n) is 4.62. The van der Waals surface area contributed by atoms with Gasteiger partial charge < -0.3 is 9.80 Å². The third kappa shape index (κ3) is 5.93. The minimum absolute atomic E-state index is 0.801. The average molecular weight is 471 g/mol. The molecule has 184 valence electrons. The van der Waals surface area contributed by atoms with Crippen molar-refractivity contribution in [2.24, 2.45) is 20.2 Å². The zero-order chi connectivity index (χ0) is 24.8. The summed E-state index contributed by atoms with van der Waals surface area (Å²) in [6.45, 7) is 10.7. The Morgan fingerprint density at radius 3 is 2.54 bits per heavy atom. The smallest absolute Gasteiger partial charge is 0.153 e. The van der Waals surface area contributed by atoms with Crippen molar-refractivity contribution in [3.8, 4) is 0 Å². The van der Waals surface area contributed by atoms with E-state index in [4.69, 9.17) is 10.2 Å². The molecule has 0 aliphatic carbocycles. The highest BCUT2D eigenvalue weighted by molar-refractivity contribution is 6.22. The maximum Gasteiger partial charge on any atom is 0.153 e. The van der Waals surface area contributed by atoms with E-state index in [2.05, 4.69) is 84.0 Å². The first-order chi connectivity index (χ1) is 17.0. The third-order valence-electron chi connectivity index (χ3n) is 6.92. The van der Waals surface area contributed by atoms with Crippen molar-refractivity contribution >= 4 is 29.2 Å².